The zero-order valence-corrected chi connectivity index (χ0v) is 11.7. The molecule has 0 aliphatic rings. The number of carboxylic acid groups (broad SMARTS) is 1. The first-order chi connectivity index (χ1) is 9.43. The van der Waals surface area contributed by atoms with E-state index in [9.17, 15) is 14.0 Å². The minimum Gasteiger partial charge on any atom is -0.481 e. The number of benzene rings is 1. The lowest BCUT2D eigenvalue weighted by Gasteiger charge is -2.20. The molecule has 5 heteroatoms. The monoisotopic (exact) mass is 281 g/mol. The van der Waals surface area contributed by atoms with E-state index in [-0.39, 0.29) is 18.2 Å². The van der Waals surface area contributed by atoms with Crippen molar-refractivity contribution >= 4 is 11.9 Å². The number of rotatable bonds is 7. The van der Waals surface area contributed by atoms with Crippen molar-refractivity contribution in [3.63, 3.8) is 0 Å². The number of carbonyl (C=O) groups excluding carboxylic acids is 1. The van der Waals surface area contributed by atoms with Crippen LogP contribution in [0.3, 0.4) is 0 Å². The number of hydrogen-bond acceptors (Lipinski definition) is 2. The Hall–Kier alpha value is -1.91. The molecular weight excluding hydrogens is 261 g/mol. The quantitative estimate of drug-likeness (QED) is 0.807. The highest BCUT2D eigenvalue weighted by molar-refractivity contribution is 5.79. The van der Waals surface area contributed by atoms with E-state index in [0.717, 1.165) is 12.8 Å². The van der Waals surface area contributed by atoms with Crippen LogP contribution in [0.2, 0.25) is 0 Å². The predicted octanol–water partition coefficient (Wildman–Crippen LogP) is 2.89. The van der Waals surface area contributed by atoms with E-state index in [1.54, 1.807) is 6.92 Å². The highest BCUT2D eigenvalue weighted by Crippen LogP contribution is 2.19. The first-order valence-corrected chi connectivity index (χ1v) is 6.71. The molecule has 0 spiro atoms. The fourth-order valence-electron chi connectivity index (χ4n) is 2.00. The van der Waals surface area contributed by atoms with Gasteiger partial charge in [-0.2, -0.15) is 0 Å². The maximum Gasteiger partial charge on any atom is 0.305 e. The van der Waals surface area contributed by atoms with Gasteiger partial charge in [0, 0.05) is 5.92 Å². The molecule has 2 atom stereocenters. The lowest BCUT2D eigenvalue weighted by molar-refractivity contribution is -0.137. The first kappa shape index (κ1) is 16.1. The van der Waals surface area contributed by atoms with Gasteiger partial charge in [-0.3, -0.25) is 9.59 Å². The van der Waals surface area contributed by atoms with Crippen LogP contribution < -0.4 is 5.32 Å². The molecule has 0 saturated heterocycles. The van der Waals surface area contributed by atoms with Gasteiger partial charge >= 0.3 is 5.97 Å². The molecule has 1 aromatic carbocycles. The average Bonchev–Trinajstić information content (AvgIpc) is 2.38. The molecule has 0 aromatic heterocycles. The molecule has 2 N–H and O–H groups in total. The zero-order chi connectivity index (χ0) is 15.1. The molecule has 0 saturated carbocycles. The maximum absolute atomic E-state index is 12.9. The van der Waals surface area contributed by atoms with E-state index in [0.29, 0.717) is 5.56 Å². The summed E-state index contributed by atoms with van der Waals surface area (Å²) in [6, 6.07) is 4.86. The van der Waals surface area contributed by atoms with E-state index < -0.39 is 17.8 Å². The average molecular weight is 281 g/mol. The first-order valence-electron chi connectivity index (χ1n) is 6.71. The summed E-state index contributed by atoms with van der Waals surface area (Å²) < 4.78 is 12.9. The van der Waals surface area contributed by atoms with Gasteiger partial charge < -0.3 is 10.4 Å². The van der Waals surface area contributed by atoms with Crippen molar-refractivity contribution in [3.8, 4) is 0 Å². The summed E-state index contributed by atoms with van der Waals surface area (Å²) in [5, 5.41) is 11.7. The fraction of sp³-hybridized carbons (Fsp3) is 0.467. The van der Waals surface area contributed by atoms with Crippen LogP contribution in [0.1, 0.15) is 44.7 Å². The van der Waals surface area contributed by atoms with Crippen LogP contribution in [0.5, 0.6) is 0 Å². The largest absolute Gasteiger partial charge is 0.481 e. The van der Waals surface area contributed by atoms with Gasteiger partial charge in [0.1, 0.15) is 5.82 Å². The third-order valence-electron chi connectivity index (χ3n) is 3.14. The molecule has 0 fully saturated rings. The molecule has 1 rings (SSSR count). The lowest BCUT2D eigenvalue weighted by Crippen LogP contribution is -2.34. The second-order valence-corrected chi connectivity index (χ2v) is 4.90. The Labute approximate surface area is 118 Å². The van der Waals surface area contributed by atoms with Gasteiger partial charge in [-0.05, 0) is 24.1 Å². The van der Waals surface area contributed by atoms with Crippen LogP contribution in [0, 0.1) is 11.7 Å². The third kappa shape index (κ3) is 4.99. The normalized spacial score (nSPS) is 13.6. The van der Waals surface area contributed by atoms with Crippen molar-refractivity contribution in [2.75, 3.05) is 0 Å². The van der Waals surface area contributed by atoms with Gasteiger partial charge in [-0.25, -0.2) is 4.39 Å². The molecule has 0 bridgehead atoms. The van der Waals surface area contributed by atoms with Crippen LogP contribution >= 0.6 is 0 Å². The number of aliphatic carboxylic acids is 1. The number of carboxylic acids is 1. The second kappa shape index (κ2) is 7.62. The van der Waals surface area contributed by atoms with Crippen LogP contribution in [0.4, 0.5) is 4.39 Å². The van der Waals surface area contributed by atoms with E-state index in [1.807, 2.05) is 6.92 Å². The van der Waals surface area contributed by atoms with Crippen molar-refractivity contribution in [3.05, 3.63) is 35.6 Å². The van der Waals surface area contributed by atoms with Gasteiger partial charge in [0.15, 0.2) is 0 Å². The van der Waals surface area contributed by atoms with Crippen LogP contribution in [-0.4, -0.2) is 17.0 Å². The molecule has 4 nitrogen and oxygen atoms in total. The standard InChI is InChI=1S/C15H20FNO3/c1-3-4-10(2)15(20)17-13(9-14(18)19)11-5-7-12(16)8-6-11/h5-8,10,13H,3-4,9H2,1-2H3,(H,17,20)(H,18,19). The molecule has 1 aromatic rings. The third-order valence-corrected chi connectivity index (χ3v) is 3.14. The van der Waals surface area contributed by atoms with Gasteiger partial charge in [-0.15, -0.1) is 0 Å². The summed E-state index contributed by atoms with van der Waals surface area (Å²) >= 11 is 0. The zero-order valence-electron chi connectivity index (χ0n) is 11.7. The van der Waals surface area contributed by atoms with Gasteiger partial charge in [-0.1, -0.05) is 32.4 Å². The number of nitrogens with one attached hydrogen (secondary N) is 1. The van der Waals surface area contributed by atoms with Gasteiger partial charge in [0.25, 0.3) is 0 Å². The number of halogens is 1. The minimum absolute atomic E-state index is 0.170. The van der Waals surface area contributed by atoms with E-state index in [1.165, 1.54) is 24.3 Å². The Bertz CT molecular complexity index is 459. The Morgan fingerprint density at radius 3 is 2.40 bits per heavy atom. The van der Waals surface area contributed by atoms with Crippen LogP contribution in [-0.2, 0) is 9.59 Å². The van der Waals surface area contributed by atoms with E-state index >= 15 is 0 Å². The number of carbonyl (C=O) groups is 2. The Balaban J connectivity index is 2.81. The fourth-order valence-corrected chi connectivity index (χ4v) is 2.00. The van der Waals surface area contributed by atoms with Crippen LogP contribution in [0.15, 0.2) is 24.3 Å². The summed E-state index contributed by atoms with van der Waals surface area (Å²) in [6.07, 6.45) is 1.40. The molecule has 2 unspecified atom stereocenters. The summed E-state index contributed by atoms with van der Waals surface area (Å²) in [6.45, 7) is 3.79. The summed E-state index contributed by atoms with van der Waals surface area (Å²) in [7, 11) is 0. The van der Waals surface area contributed by atoms with E-state index in [2.05, 4.69) is 5.32 Å². The SMILES string of the molecule is CCCC(C)C(=O)NC(CC(=O)O)c1ccc(F)cc1. The Kier molecular flexibility index (Phi) is 6.15. The molecule has 0 aliphatic heterocycles. The molecule has 110 valence electrons. The van der Waals surface area contributed by atoms with Crippen molar-refractivity contribution in [2.45, 2.75) is 39.2 Å². The summed E-state index contributed by atoms with van der Waals surface area (Å²) in [5.41, 5.74) is 0.589. The Morgan fingerprint density at radius 1 is 1.30 bits per heavy atom. The van der Waals surface area contributed by atoms with Crippen molar-refractivity contribution in [1.82, 2.24) is 5.32 Å². The topological polar surface area (TPSA) is 66.4 Å². The molecule has 1 amide bonds. The van der Waals surface area contributed by atoms with Crippen LogP contribution in [0.25, 0.3) is 0 Å². The van der Waals surface area contributed by atoms with Crippen molar-refractivity contribution in [2.24, 2.45) is 5.92 Å². The van der Waals surface area contributed by atoms with Gasteiger partial charge in [0.05, 0.1) is 12.5 Å². The van der Waals surface area contributed by atoms with E-state index in [4.69, 9.17) is 5.11 Å². The minimum atomic E-state index is -1.01. The highest BCUT2D eigenvalue weighted by atomic mass is 19.1. The molecule has 0 heterocycles. The molecular formula is C15H20FNO3. The number of hydrogen-bond donors (Lipinski definition) is 2. The lowest BCUT2D eigenvalue weighted by atomic mass is 10.0. The number of amides is 1. The Morgan fingerprint density at radius 2 is 1.90 bits per heavy atom. The molecule has 20 heavy (non-hydrogen) atoms. The highest BCUT2D eigenvalue weighted by Gasteiger charge is 2.20. The summed E-state index contributed by atoms with van der Waals surface area (Å²) in [4.78, 5) is 22.9. The van der Waals surface area contributed by atoms with Crippen molar-refractivity contribution in [1.29, 1.82) is 0 Å². The predicted molar refractivity (Wildman–Crippen MR) is 73.6 cm³/mol. The maximum atomic E-state index is 12.9. The van der Waals surface area contributed by atoms with Crippen molar-refractivity contribution < 1.29 is 19.1 Å². The van der Waals surface area contributed by atoms with Gasteiger partial charge in [0.2, 0.25) is 5.91 Å². The second-order valence-electron chi connectivity index (χ2n) is 4.90. The molecule has 0 radical (unpaired) electrons. The smallest absolute Gasteiger partial charge is 0.305 e. The summed E-state index contributed by atoms with van der Waals surface area (Å²) in [5.74, 6) is -1.75. The molecule has 0 aliphatic carbocycles.